The maximum absolute atomic E-state index is 12.0. The van der Waals surface area contributed by atoms with Crippen molar-refractivity contribution >= 4 is 17.9 Å². The standard InChI is InChI=1S/C14H22N4O4/c1-8-10(7-15-18(8)6)12(20)22-9(2)11(19)16-13(21)17-14(3,4)5/h7,9H,1-6H3,(H2,16,17,19,21). The average Bonchev–Trinajstić information content (AvgIpc) is 2.67. The molecule has 0 aliphatic rings. The maximum atomic E-state index is 12.0. The number of amides is 3. The Morgan fingerprint density at radius 2 is 1.91 bits per heavy atom. The van der Waals surface area contributed by atoms with Crippen molar-refractivity contribution in [3.05, 3.63) is 17.5 Å². The van der Waals surface area contributed by atoms with Crippen molar-refractivity contribution in [2.24, 2.45) is 7.05 Å². The van der Waals surface area contributed by atoms with Crippen molar-refractivity contribution in [3.63, 3.8) is 0 Å². The van der Waals surface area contributed by atoms with E-state index in [0.29, 0.717) is 5.69 Å². The molecule has 1 rings (SSSR count). The lowest BCUT2D eigenvalue weighted by atomic mass is 10.1. The van der Waals surface area contributed by atoms with Crippen LogP contribution in [0.15, 0.2) is 6.20 Å². The minimum absolute atomic E-state index is 0.279. The first-order chi connectivity index (χ1) is 10.0. The second kappa shape index (κ2) is 6.59. The van der Waals surface area contributed by atoms with Crippen molar-refractivity contribution in [3.8, 4) is 0 Å². The van der Waals surface area contributed by atoms with Crippen LogP contribution in [0.4, 0.5) is 4.79 Å². The molecule has 1 aromatic rings. The fourth-order valence-electron chi connectivity index (χ4n) is 1.56. The third-order valence-corrected chi connectivity index (χ3v) is 2.83. The van der Waals surface area contributed by atoms with Crippen LogP contribution < -0.4 is 10.6 Å². The second-order valence-electron chi connectivity index (χ2n) is 6.01. The number of nitrogens with zero attached hydrogens (tertiary/aromatic N) is 2. The smallest absolute Gasteiger partial charge is 0.342 e. The molecule has 122 valence electrons. The number of ether oxygens (including phenoxy) is 1. The number of esters is 1. The molecule has 8 heteroatoms. The van der Waals surface area contributed by atoms with E-state index >= 15 is 0 Å². The minimum atomic E-state index is -1.10. The quantitative estimate of drug-likeness (QED) is 0.807. The molecule has 0 saturated carbocycles. The van der Waals surface area contributed by atoms with E-state index in [0.717, 1.165) is 0 Å². The highest BCUT2D eigenvalue weighted by molar-refractivity contribution is 5.98. The fourth-order valence-corrected chi connectivity index (χ4v) is 1.56. The summed E-state index contributed by atoms with van der Waals surface area (Å²) in [5.41, 5.74) is 0.432. The van der Waals surface area contributed by atoms with Crippen LogP contribution in [0.5, 0.6) is 0 Å². The van der Waals surface area contributed by atoms with E-state index in [-0.39, 0.29) is 5.56 Å². The van der Waals surface area contributed by atoms with Gasteiger partial charge in [-0.2, -0.15) is 5.10 Å². The van der Waals surface area contributed by atoms with Crippen molar-refractivity contribution < 1.29 is 19.1 Å². The summed E-state index contributed by atoms with van der Waals surface area (Å²) in [4.78, 5) is 35.4. The molecular formula is C14H22N4O4. The van der Waals surface area contributed by atoms with Crippen LogP contribution in [0.1, 0.15) is 43.7 Å². The molecule has 0 bridgehead atoms. The van der Waals surface area contributed by atoms with E-state index in [2.05, 4.69) is 15.7 Å². The third-order valence-electron chi connectivity index (χ3n) is 2.83. The van der Waals surface area contributed by atoms with Gasteiger partial charge >= 0.3 is 12.0 Å². The maximum Gasteiger partial charge on any atom is 0.342 e. The van der Waals surface area contributed by atoms with E-state index in [1.54, 1.807) is 34.7 Å². The first-order valence-electron chi connectivity index (χ1n) is 6.84. The number of carbonyl (C=O) groups excluding carboxylic acids is 3. The van der Waals surface area contributed by atoms with Gasteiger partial charge in [-0.15, -0.1) is 0 Å². The van der Waals surface area contributed by atoms with Gasteiger partial charge in [0.25, 0.3) is 5.91 Å². The van der Waals surface area contributed by atoms with Crippen LogP contribution in [0, 0.1) is 6.92 Å². The van der Waals surface area contributed by atoms with Crippen LogP contribution in [-0.4, -0.2) is 39.3 Å². The fraction of sp³-hybridized carbons (Fsp3) is 0.571. The van der Waals surface area contributed by atoms with E-state index < -0.39 is 29.6 Å². The van der Waals surface area contributed by atoms with Crippen LogP contribution >= 0.6 is 0 Å². The largest absolute Gasteiger partial charge is 0.449 e. The molecular weight excluding hydrogens is 288 g/mol. The van der Waals surface area contributed by atoms with Crippen molar-refractivity contribution in [1.29, 1.82) is 0 Å². The SMILES string of the molecule is Cc1c(C(=O)OC(C)C(=O)NC(=O)NC(C)(C)C)cnn1C. The Bertz CT molecular complexity index is 586. The minimum Gasteiger partial charge on any atom is -0.449 e. The predicted octanol–water partition coefficient (Wildman–Crippen LogP) is 0.898. The monoisotopic (exact) mass is 310 g/mol. The number of aryl methyl sites for hydroxylation is 1. The molecule has 0 radical (unpaired) electrons. The van der Waals surface area contributed by atoms with Gasteiger partial charge in [-0.1, -0.05) is 0 Å². The normalized spacial score (nSPS) is 12.5. The zero-order valence-corrected chi connectivity index (χ0v) is 13.7. The van der Waals surface area contributed by atoms with Gasteiger partial charge in [0.1, 0.15) is 5.56 Å². The van der Waals surface area contributed by atoms with Crippen molar-refractivity contribution in [2.75, 3.05) is 0 Å². The molecule has 1 atom stereocenters. The average molecular weight is 310 g/mol. The van der Waals surface area contributed by atoms with E-state index in [4.69, 9.17) is 4.74 Å². The number of nitrogens with one attached hydrogen (secondary N) is 2. The third kappa shape index (κ3) is 4.87. The Kier molecular flexibility index (Phi) is 5.29. The first-order valence-corrected chi connectivity index (χ1v) is 6.84. The van der Waals surface area contributed by atoms with Crippen molar-refractivity contribution in [1.82, 2.24) is 20.4 Å². The van der Waals surface area contributed by atoms with Crippen LogP contribution in [0.3, 0.4) is 0 Å². The molecule has 0 aromatic carbocycles. The van der Waals surface area contributed by atoms with E-state index in [9.17, 15) is 14.4 Å². The molecule has 1 aromatic heterocycles. The molecule has 1 heterocycles. The molecule has 8 nitrogen and oxygen atoms in total. The van der Waals surface area contributed by atoms with Gasteiger partial charge in [0.2, 0.25) is 0 Å². The lowest BCUT2D eigenvalue weighted by Gasteiger charge is -2.21. The molecule has 0 aliphatic heterocycles. The first kappa shape index (κ1) is 17.7. The number of hydrogen-bond acceptors (Lipinski definition) is 5. The summed E-state index contributed by atoms with van der Waals surface area (Å²) in [5, 5.41) is 8.63. The highest BCUT2D eigenvalue weighted by atomic mass is 16.5. The van der Waals surface area contributed by atoms with Gasteiger partial charge in [-0.05, 0) is 34.6 Å². The summed E-state index contributed by atoms with van der Waals surface area (Å²) < 4.78 is 6.56. The predicted molar refractivity (Wildman–Crippen MR) is 79.2 cm³/mol. The molecule has 0 aliphatic carbocycles. The number of rotatable bonds is 3. The lowest BCUT2D eigenvalue weighted by Crippen LogP contribution is -2.50. The van der Waals surface area contributed by atoms with E-state index in [1.807, 2.05) is 0 Å². The molecule has 2 N–H and O–H groups in total. The van der Waals surface area contributed by atoms with Gasteiger partial charge in [-0.25, -0.2) is 9.59 Å². The Labute approximate surface area is 129 Å². The molecule has 0 spiro atoms. The summed E-state index contributed by atoms with van der Waals surface area (Å²) >= 11 is 0. The van der Waals surface area contributed by atoms with Gasteiger partial charge in [0.15, 0.2) is 6.10 Å². The van der Waals surface area contributed by atoms with Gasteiger partial charge in [-0.3, -0.25) is 14.8 Å². The molecule has 22 heavy (non-hydrogen) atoms. The molecule has 3 amide bonds. The second-order valence-corrected chi connectivity index (χ2v) is 6.01. The molecule has 0 saturated heterocycles. The number of carbonyl (C=O) groups is 3. The number of aromatic nitrogens is 2. The number of imide groups is 1. The van der Waals surface area contributed by atoms with Gasteiger partial charge < -0.3 is 10.1 Å². The lowest BCUT2D eigenvalue weighted by molar-refractivity contribution is -0.127. The topological polar surface area (TPSA) is 102 Å². The summed E-state index contributed by atoms with van der Waals surface area (Å²) in [5.74, 6) is -1.36. The Morgan fingerprint density at radius 1 is 1.32 bits per heavy atom. The van der Waals surface area contributed by atoms with Gasteiger partial charge in [0, 0.05) is 18.3 Å². The number of hydrogen-bond donors (Lipinski definition) is 2. The van der Waals surface area contributed by atoms with Crippen molar-refractivity contribution in [2.45, 2.75) is 46.3 Å². The highest BCUT2D eigenvalue weighted by Gasteiger charge is 2.24. The zero-order chi connectivity index (χ0) is 17.1. The van der Waals surface area contributed by atoms with E-state index in [1.165, 1.54) is 17.8 Å². The Balaban J connectivity index is 2.59. The molecule has 0 fully saturated rings. The summed E-state index contributed by atoms with van der Waals surface area (Å²) in [6.07, 6.45) is 0.270. The van der Waals surface area contributed by atoms with Crippen LogP contribution in [-0.2, 0) is 16.6 Å². The van der Waals surface area contributed by atoms with Crippen LogP contribution in [0.2, 0.25) is 0 Å². The Morgan fingerprint density at radius 3 is 2.36 bits per heavy atom. The number of urea groups is 1. The summed E-state index contributed by atoms with van der Waals surface area (Å²) in [6.45, 7) is 8.46. The van der Waals surface area contributed by atoms with Gasteiger partial charge in [0.05, 0.1) is 6.20 Å². The zero-order valence-electron chi connectivity index (χ0n) is 13.7. The summed E-state index contributed by atoms with van der Waals surface area (Å²) in [7, 11) is 1.69. The highest BCUT2D eigenvalue weighted by Crippen LogP contribution is 2.09. The van der Waals surface area contributed by atoms with Crippen LogP contribution in [0.25, 0.3) is 0 Å². The molecule has 1 unspecified atom stereocenters. The Hall–Kier alpha value is -2.38. The summed E-state index contributed by atoms with van der Waals surface area (Å²) in [6, 6.07) is -0.641.